The van der Waals surface area contributed by atoms with Crippen molar-refractivity contribution in [1.82, 2.24) is 14.5 Å². The molecule has 0 spiro atoms. The van der Waals surface area contributed by atoms with E-state index in [0.29, 0.717) is 11.4 Å². The molecule has 3 heterocycles. The number of phenols is 1. The second-order valence-electron chi connectivity index (χ2n) is 9.23. The number of imidazole rings is 1. The Hall–Kier alpha value is -5.00. The molecule has 39 heavy (non-hydrogen) atoms. The number of para-hydroxylation sites is 3. The molecule has 0 fully saturated rings. The molecule has 0 unspecified atom stereocenters. The van der Waals surface area contributed by atoms with Crippen LogP contribution in [0.1, 0.15) is 1.37 Å². The molecule has 1 N–H and O–H groups in total. The van der Waals surface area contributed by atoms with Crippen molar-refractivity contribution in [2.45, 2.75) is 0 Å². The lowest BCUT2D eigenvalue weighted by atomic mass is 9.99. The number of fused-ring (bicyclic) bond motifs is 1. The molecule has 186 valence electrons. The Labute approximate surface area is 231 Å². The Morgan fingerprint density at radius 2 is 1.49 bits per heavy atom. The van der Waals surface area contributed by atoms with Gasteiger partial charge in [0, 0.05) is 27.9 Å². The van der Waals surface area contributed by atoms with Crippen LogP contribution in [0.25, 0.3) is 60.9 Å². The van der Waals surface area contributed by atoms with E-state index < -0.39 is 0 Å². The van der Waals surface area contributed by atoms with Crippen LogP contribution in [-0.4, -0.2) is 19.6 Å². The van der Waals surface area contributed by atoms with Crippen LogP contribution >= 0.6 is 11.3 Å². The lowest BCUT2D eigenvalue weighted by Gasteiger charge is -2.11. The molecule has 0 aliphatic rings. The first-order valence-corrected chi connectivity index (χ1v) is 13.5. The number of phenolic OH excluding ortho intramolecular Hbond substituents is 1. The van der Waals surface area contributed by atoms with Crippen LogP contribution < -0.4 is 0 Å². The van der Waals surface area contributed by atoms with E-state index in [0.717, 1.165) is 49.5 Å². The van der Waals surface area contributed by atoms with Gasteiger partial charge in [0.2, 0.25) is 0 Å². The molecule has 0 atom stereocenters. The molecule has 5 heteroatoms. The van der Waals surface area contributed by atoms with Crippen LogP contribution in [0.2, 0.25) is 0 Å². The maximum atomic E-state index is 10.7. The molecule has 0 aliphatic carbocycles. The molecule has 4 nitrogen and oxygen atoms in total. The molecule has 0 saturated heterocycles. The highest BCUT2D eigenvalue weighted by Gasteiger charge is 2.19. The molecular weight excluding hydrogens is 498 g/mol. The monoisotopic (exact) mass is 522 g/mol. The molecule has 3 aromatic heterocycles. The standard InChI is InChI=1S/C34H23N3OS/c38-31-16-5-4-13-28(31)34-36-33-27(14-7-15-30(33)37(34)26-11-2-1-3-12-26)23-9-6-10-24(21-23)29-22-25(18-19-35-29)32-17-8-20-39-32/h1-22,38H/i19D. The van der Waals surface area contributed by atoms with E-state index in [-0.39, 0.29) is 11.9 Å². The first-order chi connectivity index (χ1) is 19.7. The van der Waals surface area contributed by atoms with Gasteiger partial charge >= 0.3 is 0 Å². The van der Waals surface area contributed by atoms with E-state index in [1.165, 1.54) is 0 Å². The average molecular weight is 523 g/mol. The molecule has 7 aromatic rings. The highest BCUT2D eigenvalue weighted by molar-refractivity contribution is 7.13. The van der Waals surface area contributed by atoms with E-state index in [9.17, 15) is 5.11 Å². The quantitative estimate of drug-likeness (QED) is 0.246. The fourth-order valence-corrected chi connectivity index (χ4v) is 5.70. The van der Waals surface area contributed by atoms with Crippen molar-refractivity contribution in [1.29, 1.82) is 0 Å². The van der Waals surface area contributed by atoms with Gasteiger partial charge in [-0.3, -0.25) is 9.55 Å². The predicted octanol–water partition coefficient (Wildman–Crippen LogP) is 8.86. The van der Waals surface area contributed by atoms with Gasteiger partial charge in [-0.2, -0.15) is 0 Å². The Kier molecular flexibility index (Phi) is 5.48. The SMILES string of the molecule is [2H]c1cc(-c2cccs2)cc(-c2cccc(-c3cccc4c3nc(-c3ccccc3O)n4-c3ccccc3)c2)n1. The van der Waals surface area contributed by atoms with E-state index in [1.807, 2.05) is 84.2 Å². The van der Waals surface area contributed by atoms with Gasteiger partial charge in [0.05, 0.1) is 23.7 Å². The zero-order valence-corrected chi connectivity index (χ0v) is 21.6. The Morgan fingerprint density at radius 1 is 0.692 bits per heavy atom. The van der Waals surface area contributed by atoms with Crippen LogP contribution in [0.5, 0.6) is 5.75 Å². The third-order valence-corrected chi connectivity index (χ3v) is 7.74. The summed E-state index contributed by atoms with van der Waals surface area (Å²) in [5.74, 6) is 0.855. The zero-order valence-electron chi connectivity index (χ0n) is 21.8. The summed E-state index contributed by atoms with van der Waals surface area (Å²) < 4.78 is 10.4. The van der Waals surface area contributed by atoms with Crippen LogP contribution in [0.15, 0.2) is 133 Å². The number of thiophene rings is 1. The van der Waals surface area contributed by atoms with Crippen molar-refractivity contribution in [3.63, 3.8) is 0 Å². The smallest absolute Gasteiger partial charge is 0.149 e. The van der Waals surface area contributed by atoms with Gasteiger partial charge in [-0.15, -0.1) is 11.3 Å². The fourth-order valence-electron chi connectivity index (χ4n) is 4.99. The topological polar surface area (TPSA) is 50.9 Å². The Bertz CT molecular complexity index is 1980. The fraction of sp³-hybridized carbons (Fsp3) is 0. The minimum absolute atomic E-state index is 0.182. The summed E-state index contributed by atoms with van der Waals surface area (Å²) in [7, 11) is 0. The number of nitrogens with zero attached hydrogens (tertiary/aromatic N) is 3. The van der Waals surface area contributed by atoms with E-state index in [2.05, 4.69) is 39.9 Å². The molecule has 0 aliphatic heterocycles. The molecule has 4 aromatic carbocycles. The number of benzene rings is 4. The summed E-state index contributed by atoms with van der Waals surface area (Å²) in [6.07, 6.45) is 0.238. The van der Waals surface area contributed by atoms with Gasteiger partial charge < -0.3 is 5.11 Å². The number of hydrogen-bond donors (Lipinski definition) is 1. The molecule has 7 rings (SSSR count). The van der Waals surface area contributed by atoms with Gasteiger partial charge in [-0.05, 0) is 71.1 Å². The maximum Gasteiger partial charge on any atom is 0.149 e. The first kappa shape index (κ1) is 22.0. The Morgan fingerprint density at radius 3 is 2.33 bits per heavy atom. The summed E-state index contributed by atoms with van der Waals surface area (Å²) in [4.78, 5) is 10.8. The summed E-state index contributed by atoms with van der Waals surface area (Å²) >= 11 is 1.65. The largest absolute Gasteiger partial charge is 0.507 e. The van der Waals surface area contributed by atoms with Gasteiger partial charge in [0.15, 0.2) is 0 Å². The number of aromatic nitrogens is 3. The van der Waals surface area contributed by atoms with Crippen LogP contribution in [0.4, 0.5) is 0 Å². The van der Waals surface area contributed by atoms with E-state index in [1.54, 1.807) is 23.5 Å². The summed E-state index contributed by atoms with van der Waals surface area (Å²) in [6.45, 7) is 0. The minimum atomic E-state index is 0.182. The van der Waals surface area contributed by atoms with Gasteiger partial charge in [-0.1, -0.05) is 66.7 Å². The number of hydrogen-bond acceptors (Lipinski definition) is 4. The second kappa shape index (κ2) is 9.71. The van der Waals surface area contributed by atoms with E-state index >= 15 is 0 Å². The summed E-state index contributed by atoms with van der Waals surface area (Å²) in [5, 5.41) is 12.8. The number of aromatic hydroxyl groups is 1. The number of rotatable bonds is 5. The van der Waals surface area contributed by atoms with Gasteiger partial charge in [-0.25, -0.2) is 4.98 Å². The molecule has 0 radical (unpaired) electrons. The third kappa shape index (κ3) is 4.19. The van der Waals surface area contributed by atoms with Crippen molar-refractivity contribution in [2.24, 2.45) is 0 Å². The van der Waals surface area contributed by atoms with Crippen LogP contribution in [0.3, 0.4) is 0 Å². The van der Waals surface area contributed by atoms with Crippen molar-refractivity contribution < 1.29 is 6.48 Å². The van der Waals surface area contributed by atoms with E-state index in [4.69, 9.17) is 6.35 Å². The normalized spacial score (nSPS) is 11.5. The van der Waals surface area contributed by atoms with Gasteiger partial charge in [0.1, 0.15) is 11.6 Å². The molecule has 0 bridgehead atoms. The molecule has 0 amide bonds. The molecule has 0 saturated carbocycles. The predicted molar refractivity (Wildman–Crippen MR) is 160 cm³/mol. The lowest BCUT2D eigenvalue weighted by Crippen LogP contribution is -1.97. The number of pyridine rings is 1. The van der Waals surface area contributed by atoms with Crippen molar-refractivity contribution in [2.75, 3.05) is 0 Å². The minimum Gasteiger partial charge on any atom is -0.507 e. The molecular formula is C34H23N3OS. The zero-order chi connectivity index (χ0) is 27.1. The van der Waals surface area contributed by atoms with Crippen molar-refractivity contribution in [3.8, 4) is 55.6 Å². The van der Waals surface area contributed by atoms with Crippen LogP contribution in [0, 0.1) is 0 Å². The third-order valence-electron chi connectivity index (χ3n) is 6.82. The lowest BCUT2D eigenvalue weighted by molar-refractivity contribution is 0.477. The average Bonchev–Trinajstić information content (AvgIpc) is 3.66. The highest BCUT2D eigenvalue weighted by atomic mass is 32.1. The highest BCUT2D eigenvalue weighted by Crippen LogP contribution is 2.38. The van der Waals surface area contributed by atoms with Gasteiger partial charge in [0.25, 0.3) is 0 Å². The Balaban J connectivity index is 1.42. The van der Waals surface area contributed by atoms with Crippen molar-refractivity contribution in [3.05, 3.63) is 133 Å². The maximum absolute atomic E-state index is 10.7. The van der Waals surface area contributed by atoms with Crippen molar-refractivity contribution >= 4 is 22.4 Å². The summed E-state index contributed by atoms with van der Waals surface area (Å²) in [5.41, 5.74) is 8.07. The van der Waals surface area contributed by atoms with Crippen LogP contribution in [-0.2, 0) is 0 Å². The second-order valence-corrected chi connectivity index (χ2v) is 10.2. The summed E-state index contributed by atoms with van der Waals surface area (Å²) in [6, 6.07) is 39.7. The first-order valence-electron chi connectivity index (χ1n) is 13.1.